The van der Waals surface area contributed by atoms with Gasteiger partial charge in [0.2, 0.25) is 20.0 Å². The van der Waals surface area contributed by atoms with Crippen LogP contribution in [0, 0.1) is 0 Å². The molecule has 1 saturated heterocycles. The van der Waals surface area contributed by atoms with Gasteiger partial charge in [-0.3, -0.25) is 0 Å². The SMILES string of the molecule is C[C@H](NS(=O)(=O)c1ccc(S(=O)(=O)N2CCOCC2)cc1)c1ccc(-n2ccnc2)cc1. The molecule has 0 spiro atoms. The second-order valence-electron chi connectivity index (χ2n) is 7.39. The van der Waals surface area contributed by atoms with Crippen LogP contribution in [0.3, 0.4) is 0 Å². The molecule has 0 radical (unpaired) electrons. The molecule has 3 aromatic rings. The van der Waals surface area contributed by atoms with Crippen LogP contribution in [0.2, 0.25) is 0 Å². The number of nitrogens with zero attached hydrogens (tertiary/aromatic N) is 3. The zero-order valence-electron chi connectivity index (χ0n) is 17.5. The van der Waals surface area contributed by atoms with Crippen molar-refractivity contribution >= 4 is 20.0 Å². The van der Waals surface area contributed by atoms with Crippen molar-refractivity contribution in [3.8, 4) is 5.69 Å². The van der Waals surface area contributed by atoms with Gasteiger partial charge in [-0.25, -0.2) is 26.5 Å². The molecule has 1 aliphatic heterocycles. The molecule has 0 saturated carbocycles. The lowest BCUT2D eigenvalue weighted by molar-refractivity contribution is 0.0730. The van der Waals surface area contributed by atoms with Crippen molar-refractivity contribution in [2.75, 3.05) is 26.3 Å². The lowest BCUT2D eigenvalue weighted by Crippen LogP contribution is -2.40. The van der Waals surface area contributed by atoms with Gasteiger partial charge in [0.05, 0.1) is 29.3 Å². The standard InChI is InChI=1S/C21H24N4O5S2/c1-17(18-2-4-19(5-3-18)24-11-10-22-16-24)23-31(26,27)20-6-8-21(9-7-20)32(28,29)25-12-14-30-15-13-25/h2-11,16-17,23H,12-15H2,1H3/t17-/m0/s1. The number of imidazole rings is 1. The lowest BCUT2D eigenvalue weighted by Gasteiger charge is -2.26. The summed E-state index contributed by atoms with van der Waals surface area (Å²) >= 11 is 0. The van der Waals surface area contributed by atoms with Gasteiger partial charge in [-0.15, -0.1) is 0 Å². The van der Waals surface area contributed by atoms with Gasteiger partial charge in [0.25, 0.3) is 0 Å². The van der Waals surface area contributed by atoms with E-state index >= 15 is 0 Å². The molecule has 0 amide bonds. The number of ether oxygens (including phenoxy) is 1. The van der Waals surface area contributed by atoms with Crippen LogP contribution >= 0.6 is 0 Å². The highest BCUT2D eigenvalue weighted by molar-refractivity contribution is 7.89. The van der Waals surface area contributed by atoms with E-state index in [0.29, 0.717) is 13.2 Å². The van der Waals surface area contributed by atoms with Crippen molar-refractivity contribution in [2.45, 2.75) is 22.8 Å². The van der Waals surface area contributed by atoms with E-state index in [0.717, 1.165) is 11.3 Å². The van der Waals surface area contributed by atoms with Crippen LogP contribution in [0.15, 0.2) is 77.0 Å². The van der Waals surface area contributed by atoms with Gasteiger partial charge in [-0.2, -0.15) is 4.31 Å². The summed E-state index contributed by atoms with van der Waals surface area (Å²) in [4.78, 5) is 4.07. The average Bonchev–Trinajstić information content (AvgIpc) is 3.35. The maximum Gasteiger partial charge on any atom is 0.243 e. The first-order valence-corrected chi connectivity index (χ1v) is 13.0. The van der Waals surface area contributed by atoms with Crippen LogP contribution in [0.25, 0.3) is 5.69 Å². The molecular formula is C21H24N4O5S2. The van der Waals surface area contributed by atoms with Crippen LogP contribution in [-0.2, 0) is 24.8 Å². The molecule has 0 unspecified atom stereocenters. The van der Waals surface area contributed by atoms with Gasteiger partial charge in [-0.05, 0) is 48.9 Å². The van der Waals surface area contributed by atoms with Crippen molar-refractivity contribution < 1.29 is 21.6 Å². The minimum Gasteiger partial charge on any atom is -0.379 e. The fourth-order valence-electron chi connectivity index (χ4n) is 3.44. The Labute approximate surface area is 187 Å². The number of nitrogens with one attached hydrogen (secondary N) is 1. The van der Waals surface area contributed by atoms with Crippen LogP contribution in [0.1, 0.15) is 18.5 Å². The molecule has 11 heteroatoms. The van der Waals surface area contributed by atoms with E-state index in [1.807, 2.05) is 35.0 Å². The van der Waals surface area contributed by atoms with E-state index in [-0.39, 0.29) is 22.9 Å². The molecule has 0 bridgehead atoms. The molecule has 9 nitrogen and oxygen atoms in total. The van der Waals surface area contributed by atoms with Crippen molar-refractivity contribution in [1.82, 2.24) is 18.6 Å². The summed E-state index contributed by atoms with van der Waals surface area (Å²) in [6, 6.07) is 12.2. The van der Waals surface area contributed by atoms with Gasteiger partial charge in [-0.1, -0.05) is 12.1 Å². The number of hydrogen-bond donors (Lipinski definition) is 1. The Morgan fingerprint density at radius 2 is 1.56 bits per heavy atom. The third-order valence-corrected chi connectivity index (χ3v) is 8.74. The number of benzene rings is 2. The molecule has 4 rings (SSSR count). The summed E-state index contributed by atoms with van der Waals surface area (Å²) in [6.07, 6.45) is 5.19. The Balaban J connectivity index is 1.47. The minimum absolute atomic E-state index is 0.000290. The Kier molecular flexibility index (Phi) is 6.45. The van der Waals surface area contributed by atoms with Gasteiger partial charge in [0.15, 0.2) is 0 Å². The maximum absolute atomic E-state index is 12.8. The number of hydrogen-bond acceptors (Lipinski definition) is 6. The molecule has 1 aliphatic rings. The number of aromatic nitrogens is 2. The summed E-state index contributed by atoms with van der Waals surface area (Å²) in [5.74, 6) is 0. The van der Waals surface area contributed by atoms with Crippen molar-refractivity contribution in [2.24, 2.45) is 0 Å². The predicted molar refractivity (Wildman–Crippen MR) is 118 cm³/mol. The minimum atomic E-state index is -3.84. The third-order valence-electron chi connectivity index (χ3n) is 5.27. The number of rotatable bonds is 7. The Morgan fingerprint density at radius 3 is 2.16 bits per heavy atom. The molecule has 0 aliphatic carbocycles. The average molecular weight is 477 g/mol. The van der Waals surface area contributed by atoms with Crippen LogP contribution in [-0.4, -0.2) is 57.0 Å². The Morgan fingerprint density at radius 1 is 0.938 bits per heavy atom. The molecule has 1 aromatic heterocycles. The van der Waals surface area contributed by atoms with Gasteiger partial charge < -0.3 is 9.30 Å². The van der Waals surface area contributed by atoms with E-state index < -0.39 is 26.1 Å². The zero-order valence-corrected chi connectivity index (χ0v) is 19.1. The highest BCUT2D eigenvalue weighted by Crippen LogP contribution is 2.22. The predicted octanol–water partition coefficient (Wildman–Crippen LogP) is 1.93. The van der Waals surface area contributed by atoms with Crippen LogP contribution in [0.4, 0.5) is 0 Å². The highest BCUT2D eigenvalue weighted by atomic mass is 32.2. The summed E-state index contributed by atoms with van der Waals surface area (Å²) in [5.41, 5.74) is 1.71. The first kappa shape index (κ1) is 22.6. The molecule has 32 heavy (non-hydrogen) atoms. The van der Waals surface area contributed by atoms with Crippen molar-refractivity contribution in [3.63, 3.8) is 0 Å². The third kappa shape index (κ3) is 4.76. The Hall–Kier alpha value is -2.57. The molecule has 2 heterocycles. The highest BCUT2D eigenvalue weighted by Gasteiger charge is 2.27. The summed E-state index contributed by atoms with van der Waals surface area (Å²) in [7, 11) is -7.52. The first-order valence-electron chi connectivity index (χ1n) is 10.1. The number of sulfonamides is 2. The molecular weight excluding hydrogens is 452 g/mol. The van der Waals surface area contributed by atoms with E-state index in [2.05, 4.69) is 9.71 Å². The fourth-order valence-corrected chi connectivity index (χ4v) is 6.08. The molecule has 2 aromatic carbocycles. The summed E-state index contributed by atoms with van der Waals surface area (Å²) in [5, 5.41) is 0. The van der Waals surface area contributed by atoms with E-state index in [1.54, 1.807) is 19.4 Å². The van der Waals surface area contributed by atoms with E-state index in [1.165, 1.54) is 28.6 Å². The number of morpholine rings is 1. The quantitative estimate of drug-likeness (QED) is 0.558. The van der Waals surface area contributed by atoms with Crippen molar-refractivity contribution in [3.05, 3.63) is 72.8 Å². The summed E-state index contributed by atoms with van der Waals surface area (Å²) < 4.78 is 62.1. The van der Waals surface area contributed by atoms with Gasteiger partial charge in [0, 0.05) is 37.2 Å². The van der Waals surface area contributed by atoms with E-state index in [4.69, 9.17) is 4.74 Å². The van der Waals surface area contributed by atoms with Crippen LogP contribution < -0.4 is 4.72 Å². The topological polar surface area (TPSA) is 111 Å². The normalized spacial score (nSPS) is 16.7. The van der Waals surface area contributed by atoms with Crippen molar-refractivity contribution in [1.29, 1.82) is 0 Å². The first-order chi connectivity index (χ1) is 15.3. The smallest absolute Gasteiger partial charge is 0.243 e. The molecule has 1 N–H and O–H groups in total. The fraction of sp³-hybridized carbons (Fsp3) is 0.286. The molecule has 1 atom stereocenters. The monoisotopic (exact) mass is 476 g/mol. The zero-order chi connectivity index (χ0) is 22.8. The van der Waals surface area contributed by atoms with E-state index in [9.17, 15) is 16.8 Å². The Bertz CT molecular complexity index is 1250. The van der Waals surface area contributed by atoms with Gasteiger partial charge in [0.1, 0.15) is 0 Å². The summed E-state index contributed by atoms with van der Waals surface area (Å²) in [6.45, 7) is 3.00. The van der Waals surface area contributed by atoms with Gasteiger partial charge >= 0.3 is 0 Å². The largest absolute Gasteiger partial charge is 0.379 e. The lowest BCUT2D eigenvalue weighted by atomic mass is 10.1. The second kappa shape index (κ2) is 9.12. The maximum atomic E-state index is 12.8. The van der Waals surface area contributed by atoms with Crippen LogP contribution in [0.5, 0.6) is 0 Å². The molecule has 170 valence electrons. The molecule has 1 fully saturated rings. The second-order valence-corrected chi connectivity index (χ2v) is 11.0.